The first-order chi connectivity index (χ1) is 13.1. The van der Waals surface area contributed by atoms with E-state index in [1.54, 1.807) is 24.4 Å². The first-order valence-electron chi connectivity index (χ1n) is 8.17. The molecule has 1 amide bonds. The molecule has 0 bridgehead atoms. The molecular formula is C21H16BrClN2O2. The summed E-state index contributed by atoms with van der Waals surface area (Å²) in [6, 6.07) is 22.1. The molecule has 0 saturated heterocycles. The van der Waals surface area contributed by atoms with E-state index >= 15 is 0 Å². The smallest absolute Gasteiger partial charge is 0.271 e. The van der Waals surface area contributed by atoms with Gasteiger partial charge in [0.2, 0.25) is 0 Å². The molecule has 0 aliphatic rings. The predicted molar refractivity (Wildman–Crippen MR) is 111 cm³/mol. The van der Waals surface area contributed by atoms with Crippen molar-refractivity contribution < 1.29 is 9.53 Å². The number of ether oxygens (including phenoxy) is 1. The van der Waals surface area contributed by atoms with Gasteiger partial charge >= 0.3 is 0 Å². The molecule has 3 rings (SSSR count). The number of amides is 1. The summed E-state index contributed by atoms with van der Waals surface area (Å²) in [4.78, 5) is 12.1. The number of hydrazone groups is 1. The molecule has 0 atom stereocenters. The second-order valence-electron chi connectivity index (χ2n) is 5.63. The van der Waals surface area contributed by atoms with Crippen molar-refractivity contribution >= 4 is 39.7 Å². The van der Waals surface area contributed by atoms with Crippen LogP contribution in [-0.4, -0.2) is 12.1 Å². The van der Waals surface area contributed by atoms with Crippen LogP contribution in [0.1, 0.15) is 21.5 Å². The number of hydrogen-bond acceptors (Lipinski definition) is 3. The summed E-state index contributed by atoms with van der Waals surface area (Å²) in [5.74, 6) is 0.361. The molecule has 0 spiro atoms. The van der Waals surface area contributed by atoms with Gasteiger partial charge in [0.05, 0.1) is 6.21 Å². The average Bonchev–Trinajstić information content (AvgIpc) is 2.68. The Morgan fingerprint density at radius 1 is 1.07 bits per heavy atom. The van der Waals surface area contributed by atoms with Crippen LogP contribution in [0, 0.1) is 0 Å². The number of halogens is 2. The highest BCUT2D eigenvalue weighted by atomic mass is 79.9. The maximum absolute atomic E-state index is 12.1. The van der Waals surface area contributed by atoms with Crippen LogP contribution >= 0.6 is 27.5 Å². The van der Waals surface area contributed by atoms with Gasteiger partial charge in [0, 0.05) is 26.2 Å². The van der Waals surface area contributed by atoms with E-state index in [2.05, 4.69) is 26.5 Å². The van der Waals surface area contributed by atoms with Gasteiger partial charge in [0.15, 0.2) is 0 Å². The van der Waals surface area contributed by atoms with E-state index in [1.165, 1.54) is 0 Å². The van der Waals surface area contributed by atoms with E-state index in [0.29, 0.717) is 22.9 Å². The van der Waals surface area contributed by atoms with E-state index in [9.17, 15) is 4.79 Å². The van der Waals surface area contributed by atoms with Crippen LogP contribution in [0.4, 0.5) is 0 Å². The largest absolute Gasteiger partial charge is 0.488 e. The number of hydrogen-bond donors (Lipinski definition) is 1. The van der Waals surface area contributed by atoms with Crippen LogP contribution in [-0.2, 0) is 6.61 Å². The molecule has 0 aliphatic carbocycles. The highest BCUT2D eigenvalue weighted by molar-refractivity contribution is 9.10. The zero-order valence-electron chi connectivity index (χ0n) is 14.2. The van der Waals surface area contributed by atoms with Crippen LogP contribution in [0.25, 0.3) is 0 Å². The van der Waals surface area contributed by atoms with Crippen LogP contribution in [0.3, 0.4) is 0 Å². The van der Waals surface area contributed by atoms with Crippen LogP contribution in [0.2, 0.25) is 5.02 Å². The van der Waals surface area contributed by atoms with Crippen LogP contribution in [0.5, 0.6) is 5.75 Å². The van der Waals surface area contributed by atoms with Crippen molar-refractivity contribution in [1.82, 2.24) is 5.43 Å². The lowest BCUT2D eigenvalue weighted by molar-refractivity contribution is 0.0955. The van der Waals surface area contributed by atoms with E-state index in [4.69, 9.17) is 16.3 Å². The summed E-state index contributed by atoms with van der Waals surface area (Å²) in [5, 5.41) is 4.69. The van der Waals surface area contributed by atoms with Gasteiger partial charge in [0.1, 0.15) is 12.4 Å². The van der Waals surface area contributed by atoms with Gasteiger partial charge < -0.3 is 4.74 Å². The fraction of sp³-hybridized carbons (Fsp3) is 0.0476. The minimum Gasteiger partial charge on any atom is -0.488 e. The Balaban J connectivity index is 1.66. The fourth-order valence-corrected chi connectivity index (χ4v) is 2.93. The fourth-order valence-electron chi connectivity index (χ4n) is 2.34. The Kier molecular flexibility index (Phi) is 6.63. The summed E-state index contributed by atoms with van der Waals surface area (Å²) < 4.78 is 6.70. The second-order valence-corrected chi connectivity index (χ2v) is 6.95. The normalized spacial score (nSPS) is 10.7. The Hall–Kier alpha value is -2.63. The SMILES string of the molecule is O=C(N/N=C\c1ccccc1OCc1ccccc1Cl)c1cccc(Br)c1. The van der Waals surface area contributed by atoms with Crippen LogP contribution in [0.15, 0.2) is 82.4 Å². The molecule has 0 heterocycles. The van der Waals surface area contributed by atoms with Crippen molar-refractivity contribution in [3.63, 3.8) is 0 Å². The Morgan fingerprint density at radius 2 is 1.85 bits per heavy atom. The van der Waals surface area contributed by atoms with E-state index in [-0.39, 0.29) is 5.91 Å². The quantitative estimate of drug-likeness (QED) is 0.407. The summed E-state index contributed by atoms with van der Waals surface area (Å²) in [6.07, 6.45) is 1.55. The highest BCUT2D eigenvalue weighted by Crippen LogP contribution is 2.21. The summed E-state index contributed by atoms with van der Waals surface area (Å²) >= 11 is 9.50. The van der Waals surface area contributed by atoms with Gasteiger partial charge in [-0.25, -0.2) is 5.43 Å². The molecule has 0 unspecified atom stereocenters. The molecule has 3 aromatic rings. The van der Waals surface area contributed by atoms with Gasteiger partial charge in [-0.05, 0) is 36.4 Å². The first kappa shape index (κ1) is 19.1. The van der Waals surface area contributed by atoms with Crippen molar-refractivity contribution in [3.8, 4) is 5.75 Å². The number of nitrogens with one attached hydrogen (secondary N) is 1. The van der Waals surface area contributed by atoms with Crippen molar-refractivity contribution in [1.29, 1.82) is 0 Å². The molecule has 0 aliphatic heterocycles. The van der Waals surface area contributed by atoms with Crippen molar-refractivity contribution in [2.75, 3.05) is 0 Å². The second kappa shape index (κ2) is 9.35. The zero-order chi connectivity index (χ0) is 19.1. The van der Waals surface area contributed by atoms with E-state index < -0.39 is 0 Å². The van der Waals surface area contributed by atoms with Crippen LogP contribution < -0.4 is 10.2 Å². The number of rotatable bonds is 6. The summed E-state index contributed by atoms with van der Waals surface area (Å²) in [6.45, 7) is 0.342. The monoisotopic (exact) mass is 442 g/mol. The molecule has 0 radical (unpaired) electrons. The summed E-state index contributed by atoms with van der Waals surface area (Å²) in [5.41, 5.74) is 4.68. The first-order valence-corrected chi connectivity index (χ1v) is 9.35. The number of nitrogens with zero attached hydrogens (tertiary/aromatic N) is 1. The van der Waals surface area contributed by atoms with Gasteiger partial charge in [-0.1, -0.05) is 63.9 Å². The maximum atomic E-state index is 12.1. The van der Waals surface area contributed by atoms with Gasteiger partial charge in [-0.2, -0.15) is 5.10 Å². The summed E-state index contributed by atoms with van der Waals surface area (Å²) in [7, 11) is 0. The lowest BCUT2D eigenvalue weighted by Crippen LogP contribution is -2.17. The molecule has 136 valence electrons. The minimum absolute atomic E-state index is 0.290. The molecule has 27 heavy (non-hydrogen) atoms. The lowest BCUT2D eigenvalue weighted by atomic mass is 10.2. The standard InChI is InChI=1S/C21H16BrClN2O2/c22-18-9-5-8-15(12-18)21(26)25-24-13-16-6-2-4-11-20(16)27-14-17-7-1-3-10-19(17)23/h1-13H,14H2,(H,25,26)/b24-13-. The third-order valence-corrected chi connectivity index (χ3v) is 4.58. The topological polar surface area (TPSA) is 50.7 Å². The van der Waals surface area contributed by atoms with Crippen molar-refractivity contribution in [2.24, 2.45) is 5.10 Å². The molecule has 0 saturated carbocycles. The molecule has 0 aromatic heterocycles. The lowest BCUT2D eigenvalue weighted by Gasteiger charge is -2.10. The predicted octanol–water partition coefficient (Wildman–Crippen LogP) is 5.45. The third kappa shape index (κ3) is 5.42. The Bertz CT molecular complexity index is 976. The zero-order valence-corrected chi connectivity index (χ0v) is 16.6. The Labute approximate surface area is 171 Å². The number of benzene rings is 3. The third-order valence-electron chi connectivity index (χ3n) is 3.72. The molecule has 1 N–H and O–H groups in total. The average molecular weight is 444 g/mol. The molecule has 0 fully saturated rings. The number of para-hydroxylation sites is 1. The van der Waals surface area contributed by atoms with Gasteiger partial charge in [-0.15, -0.1) is 0 Å². The molecule has 3 aromatic carbocycles. The highest BCUT2D eigenvalue weighted by Gasteiger charge is 2.06. The maximum Gasteiger partial charge on any atom is 0.271 e. The number of carbonyl (C=O) groups is 1. The van der Waals surface area contributed by atoms with E-state index in [1.807, 2.05) is 54.6 Å². The van der Waals surface area contributed by atoms with Gasteiger partial charge in [-0.3, -0.25) is 4.79 Å². The van der Waals surface area contributed by atoms with E-state index in [0.717, 1.165) is 15.6 Å². The molecule has 4 nitrogen and oxygen atoms in total. The molecule has 6 heteroatoms. The Morgan fingerprint density at radius 3 is 2.67 bits per heavy atom. The van der Waals surface area contributed by atoms with Crippen molar-refractivity contribution in [2.45, 2.75) is 6.61 Å². The van der Waals surface area contributed by atoms with Gasteiger partial charge in [0.25, 0.3) is 5.91 Å². The minimum atomic E-state index is -0.290. The number of carbonyl (C=O) groups excluding carboxylic acids is 1. The molecular weight excluding hydrogens is 428 g/mol. The van der Waals surface area contributed by atoms with Crippen molar-refractivity contribution in [3.05, 3.63) is 99.0 Å².